The molecule has 0 aliphatic carbocycles. The Morgan fingerprint density at radius 2 is 0.735 bits per heavy atom. The van der Waals surface area contributed by atoms with Gasteiger partial charge in [0.1, 0.15) is 0 Å². The van der Waals surface area contributed by atoms with E-state index in [-0.39, 0.29) is 0 Å². The molecule has 4 nitrogen and oxygen atoms in total. The molecule has 0 saturated heterocycles. The molecule has 2 bridgehead atoms. The Labute approximate surface area is 212 Å². The lowest BCUT2D eigenvalue weighted by molar-refractivity contribution is 0.308. The Morgan fingerprint density at radius 1 is 0.441 bits per heavy atom. The lowest BCUT2D eigenvalue weighted by Gasteiger charge is -2.17. The zero-order valence-corrected chi connectivity index (χ0v) is 22.8. The van der Waals surface area contributed by atoms with Gasteiger partial charge in [-0.3, -0.25) is 0 Å². The van der Waals surface area contributed by atoms with Crippen molar-refractivity contribution in [2.24, 2.45) is 0 Å². The van der Waals surface area contributed by atoms with Crippen molar-refractivity contribution in [3.8, 4) is 0 Å². The van der Waals surface area contributed by atoms with E-state index in [4.69, 9.17) is 0 Å². The van der Waals surface area contributed by atoms with Gasteiger partial charge in [0.15, 0.2) is 0 Å². The summed E-state index contributed by atoms with van der Waals surface area (Å²) in [5.41, 5.74) is 2.80. The van der Waals surface area contributed by atoms with Crippen molar-refractivity contribution in [2.75, 3.05) is 53.4 Å². The van der Waals surface area contributed by atoms with Crippen molar-refractivity contribution in [1.82, 2.24) is 20.4 Å². The van der Waals surface area contributed by atoms with Gasteiger partial charge >= 0.3 is 0 Å². The van der Waals surface area contributed by atoms with Crippen molar-refractivity contribution in [1.29, 1.82) is 0 Å². The Bertz CT molecular complexity index is 523. The molecule has 34 heavy (non-hydrogen) atoms. The minimum absolute atomic E-state index is 0.992. The minimum atomic E-state index is 0.992. The standard InChI is InChI=1S/C30H56N4/c1-33-23-13-7-3-4-8-14-24-34(2)26-16-10-6-12-22-32-28-30-19-17-29(18-20-30)27-31-21-11-5-9-15-25-33/h17-20,31-32H,3-16,21-28H2,1-2H3. The summed E-state index contributed by atoms with van der Waals surface area (Å²) in [4.78, 5) is 5.09. The first-order valence-corrected chi connectivity index (χ1v) is 14.6. The lowest BCUT2D eigenvalue weighted by Crippen LogP contribution is -2.21. The number of nitrogens with zero attached hydrogens (tertiary/aromatic N) is 2. The average Bonchev–Trinajstić information content (AvgIpc) is 2.84. The summed E-state index contributed by atoms with van der Waals surface area (Å²) < 4.78 is 0. The van der Waals surface area contributed by atoms with Gasteiger partial charge in [-0.2, -0.15) is 0 Å². The topological polar surface area (TPSA) is 30.5 Å². The number of hydrogen-bond acceptors (Lipinski definition) is 4. The fourth-order valence-corrected chi connectivity index (χ4v) is 4.91. The summed E-state index contributed by atoms with van der Waals surface area (Å²) in [6, 6.07) is 9.15. The second-order valence-electron chi connectivity index (χ2n) is 10.7. The van der Waals surface area contributed by atoms with Crippen molar-refractivity contribution in [2.45, 2.75) is 103 Å². The second-order valence-corrected chi connectivity index (χ2v) is 10.7. The van der Waals surface area contributed by atoms with Crippen LogP contribution < -0.4 is 10.6 Å². The van der Waals surface area contributed by atoms with Gasteiger partial charge in [0.25, 0.3) is 0 Å². The van der Waals surface area contributed by atoms with Crippen LogP contribution in [0.3, 0.4) is 0 Å². The maximum Gasteiger partial charge on any atom is 0.0205 e. The van der Waals surface area contributed by atoms with E-state index in [2.05, 4.69) is 58.8 Å². The molecule has 0 radical (unpaired) electrons. The smallest absolute Gasteiger partial charge is 0.0205 e. The molecule has 2 aliphatic rings. The molecule has 1 aromatic rings. The highest BCUT2D eigenvalue weighted by molar-refractivity contribution is 5.22. The molecule has 0 atom stereocenters. The Hall–Kier alpha value is -0.940. The van der Waals surface area contributed by atoms with Crippen LogP contribution in [0.4, 0.5) is 0 Å². The van der Waals surface area contributed by atoms with Crippen LogP contribution in [0, 0.1) is 0 Å². The molecule has 1 aromatic carbocycles. The van der Waals surface area contributed by atoms with Crippen molar-refractivity contribution >= 4 is 0 Å². The summed E-state index contributed by atoms with van der Waals surface area (Å²) in [6.07, 6.45) is 19.1. The molecule has 196 valence electrons. The fourth-order valence-electron chi connectivity index (χ4n) is 4.91. The summed E-state index contributed by atoms with van der Waals surface area (Å²) >= 11 is 0. The largest absolute Gasteiger partial charge is 0.313 e. The van der Waals surface area contributed by atoms with Gasteiger partial charge in [0.05, 0.1) is 0 Å². The maximum atomic E-state index is 3.62. The Balaban J connectivity index is 1.65. The molecule has 0 fully saturated rings. The third-order valence-corrected chi connectivity index (χ3v) is 7.30. The Kier molecular flexibility index (Phi) is 17.5. The monoisotopic (exact) mass is 472 g/mol. The van der Waals surface area contributed by atoms with E-state index in [1.54, 1.807) is 0 Å². The van der Waals surface area contributed by atoms with Gasteiger partial charge < -0.3 is 20.4 Å². The molecule has 4 heteroatoms. The van der Waals surface area contributed by atoms with Crippen LogP contribution in [0.2, 0.25) is 0 Å². The molecule has 0 unspecified atom stereocenters. The molecule has 0 aromatic heterocycles. The molecular formula is C30H56N4. The van der Waals surface area contributed by atoms with Gasteiger partial charge in [0, 0.05) is 13.1 Å². The number of fused-ring (bicyclic) bond motifs is 27. The highest BCUT2D eigenvalue weighted by Crippen LogP contribution is 2.09. The van der Waals surface area contributed by atoms with Gasteiger partial charge in [-0.25, -0.2) is 0 Å². The molecule has 2 heterocycles. The first-order valence-electron chi connectivity index (χ1n) is 14.6. The highest BCUT2D eigenvalue weighted by atomic mass is 15.1. The van der Waals surface area contributed by atoms with Gasteiger partial charge in [-0.05, 0) is 103 Å². The van der Waals surface area contributed by atoms with E-state index in [0.717, 1.165) is 26.2 Å². The number of nitrogens with one attached hydrogen (secondary N) is 2. The van der Waals surface area contributed by atoms with E-state index in [1.807, 2.05) is 0 Å². The Morgan fingerprint density at radius 3 is 1.09 bits per heavy atom. The van der Waals surface area contributed by atoms with E-state index >= 15 is 0 Å². The molecular weight excluding hydrogens is 416 g/mol. The number of rotatable bonds is 0. The van der Waals surface area contributed by atoms with Crippen LogP contribution in [-0.2, 0) is 13.1 Å². The predicted molar refractivity (Wildman–Crippen MR) is 149 cm³/mol. The summed E-state index contributed by atoms with van der Waals surface area (Å²) in [7, 11) is 4.61. The van der Waals surface area contributed by atoms with E-state index in [0.29, 0.717) is 0 Å². The summed E-state index contributed by atoms with van der Waals surface area (Å²) in [5, 5.41) is 7.25. The molecule has 2 aliphatic heterocycles. The normalized spacial score (nSPS) is 22.3. The number of hydrogen-bond donors (Lipinski definition) is 2. The second kappa shape index (κ2) is 20.3. The van der Waals surface area contributed by atoms with Crippen molar-refractivity contribution < 1.29 is 0 Å². The third kappa shape index (κ3) is 15.9. The summed E-state index contributed by atoms with van der Waals surface area (Å²) in [6.45, 7) is 9.34. The van der Waals surface area contributed by atoms with E-state index < -0.39 is 0 Å². The molecule has 3 rings (SSSR count). The quantitative estimate of drug-likeness (QED) is 0.470. The van der Waals surface area contributed by atoms with Gasteiger partial charge in [-0.1, -0.05) is 75.6 Å². The van der Waals surface area contributed by atoms with Crippen LogP contribution in [0.5, 0.6) is 0 Å². The first-order chi connectivity index (χ1) is 16.7. The average molecular weight is 473 g/mol. The molecule has 2 N–H and O–H groups in total. The lowest BCUT2D eigenvalue weighted by atomic mass is 10.1. The van der Waals surface area contributed by atoms with Crippen LogP contribution >= 0.6 is 0 Å². The van der Waals surface area contributed by atoms with Crippen LogP contribution in [0.25, 0.3) is 0 Å². The van der Waals surface area contributed by atoms with Crippen molar-refractivity contribution in [3.05, 3.63) is 35.4 Å². The van der Waals surface area contributed by atoms with E-state index in [1.165, 1.54) is 127 Å². The zero-order valence-electron chi connectivity index (χ0n) is 22.8. The molecule has 0 saturated carbocycles. The maximum absolute atomic E-state index is 3.62. The zero-order chi connectivity index (χ0) is 24.1. The van der Waals surface area contributed by atoms with Crippen LogP contribution in [-0.4, -0.2) is 63.2 Å². The van der Waals surface area contributed by atoms with Crippen LogP contribution in [0.1, 0.15) is 101 Å². The van der Waals surface area contributed by atoms with Gasteiger partial charge in [-0.15, -0.1) is 0 Å². The number of benzene rings is 1. The van der Waals surface area contributed by atoms with Crippen molar-refractivity contribution in [3.63, 3.8) is 0 Å². The van der Waals surface area contributed by atoms with Crippen LogP contribution in [0.15, 0.2) is 24.3 Å². The summed E-state index contributed by atoms with van der Waals surface area (Å²) in [5.74, 6) is 0. The highest BCUT2D eigenvalue weighted by Gasteiger charge is 2.02. The fraction of sp³-hybridized carbons (Fsp3) is 0.800. The van der Waals surface area contributed by atoms with Gasteiger partial charge in [0.2, 0.25) is 0 Å². The first kappa shape index (κ1) is 29.3. The van der Waals surface area contributed by atoms with E-state index in [9.17, 15) is 0 Å². The minimum Gasteiger partial charge on any atom is -0.313 e. The SMILES string of the molecule is CN1CCCCCCCCN(C)CCCCCCNCc2ccc(cc2)CNCCCCCC1. The molecule has 0 spiro atoms. The third-order valence-electron chi connectivity index (χ3n) is 7.30. The predicted octanol–water partition coefficient (Wildman–Crippen LogP) is 6.20. The molecule has 0 amide bonds.